The lowest BCUT2D eigenvalue weighted by Gasteiger charge is -2.32. The molecule has 3 amide bonds. The van der Waals surface area contributed by atoms with Crippen LogP contribution in [0.25, 0.3) is 0 Å². The molecule has 0 spiro atoms. The van der Waals surface area contributed by atoms with Gasteiger partial charge < -0.3 is 15.1 Å². The second-order valence-corrected chi connectivity index (χ2v) is 8.60. The highest BCUT2D eigenvalue weighted by atomic mass is 35.5. The number of piperazine rings is 1. The molecule has 2 aromatic carbocycles. The number of halogens is 1. The van der Waals surface area contributed by atoms with E-state index in [0.29, 0.717) is 30.0 Å². The number of hydrogen-bond donors (Lipinski definition) is 1. The Balaban J connectivity index is 1.57. The van der Waals surface area contributed by atoms with Gasteiger partial charge in [-0.25, -0.2) is 4.90 Å². The molecule has 1 saturated heterocycles. The largest absolute Gasteiger partial charge is 0.349 e. The summed E-state index contributed by atoms with van der Waals surface area (Å²) in [5.74, 6) is -1.17. The van der Waals surface area contributed by atoms with Crippen LogP contribution in [0.2, 0.25) is 0 Å². The van der Waals surface area contributed by atoms with Gasteiger partial charge in [0.05, 0.1) is 5.69 Å². The van der Waals surface area contributed by atoms with Crippen molar-refractivity contribution >= 4 is 40.7 Å². The molecule has 2 aliphatic heterocycles. The lowest BCUT2D eigenvalue weighted by molar-refractivity contribution is -0.120. The molecule has 166 valence electrons. The van der Waals surface area contributed by atoms with Gasteiger partial charge >= 0.3 is 0 Å². The van der Waals surface area contributed by atoms with E-state index in [1.54, 1.807) is 24.3 Å². The number of rotatable bonds is 4. The van der Waals surface area contributed by atoms with Crippen LogP contribution in [0.3, 0.4) is 0 Å². The van der Waals surface area contributed by atoms with E-state index in [-0.39, 0.29) is 16.6 Å². The highest BCUT2D eigenvalue weighted by molar-refractivity contribution is 6.53. The summed E-state index contributed by atoms with van der Waals surface area (Å²) in [5.41, 5.74) is 3.38. The minimum atomic E-state index is -0.578. The molecule has 2 heterocycles. The number of aryl methyl sites for hydroxylation is 2. The van der Waals surface area contributed by atoms with Gasteiger partial charge in [0.15, 0.2) is 0 Å². The van der Waals surface area contributed by atoms with E-state index in [1.807, 2.05) is 44.0 Å². The Kier molecular flexibility index (Phi) is 6.04. The maximum atomic E-state index is 13.0. The molecule has 0 atom stereocenters. The second kappa shape index (κ2) is 8.76. The van der Waals surface area contributed by atoms with Crippen molar-refractivity contribution in [3.63, 3.8) is 0 Å². The van der Waals surface area contributed by atoms with Crippen LogP contribution in [0.15, 0.2) is 53.2 Å². The highest BCUT2D eigenvalue weighted by Crippen LogP contribution is 2.31. The van der Waals surface area contributed by atoms with Gasteiger partial charge in [-0.15, -0.1) is 0 Å². The molecule has 7 nitrogen and oxygen atoms in total. The van der Waals surface area contributed by atoms with Gasteiger partial charge in [0.2, 0.25) is 0 Å². The first-order valence-electron chi connectivity index (χ1n) is 10.5. The zero-order valence-corrected chi connectivity index (χ0v) is 19.1. The minimum absolute atomic E-state index is 0.00420. The van der Waals surface area contributed by atoms with Gasteiger partial charge in [-0.2, -0.15) is 0 Å². The van der Waals surface area contributed by atoms with Crippen LogP contribution in [0.1, 0.15) is 21.5 Å². The van der Waals surface area contributed by atoms with Gasteiger partial charge in [0, 0.05) is 37.4 Å². The third-order valence-electron chi connectivity index (χ3n) is 5.85. The van der Waals surface area contributed by atoms with Crippen molar-refractivity contribution in [1.82, 2.24) is 9.80 Å². The molecule has 0 saturated carbocycles. The number of carbonyl (C=O) groups excluding carboxylic acids is 3. The van der Waals surface area contributed by atoms with Crippen LogP contribution in [0.4, 0.5) is 11.4 Å². The Morgan fingerprint density at radius 1 is 0.938 bits per heavy atom. The van der Waals surface area contributed by atoms with Gasteiger partial charge in [0.1, 0.15) is 10.7 Å². The molecule has 2 aromatic rings. The molecule has 32 heavy (non-hydrogen) atoms. The predicted molar refractivity (Wildman–Crippen MR) is 125 cm³/mol. The Morgan fingerprint density at radius 2 is 1.59 bits per heavy atom. The Bertz CT molecular complexity index is 1120. The van der Waals surface area contributed by atoms with E-state index in [2.05, 4.69) is 10.2 Å². The van der Waals surface area contributed by atoms with Crippen molar-refractivity contribution in [2.75, 3.05) is 43.4 Å². The van der Waals surface area contributed by atoms with Crippen molar-refractivity contribution in [2.45, 2.75) is 13.8 Å². The molecule has 1 fully saturated rings. The summed E-state index contributed by atoms with van der Waals surface area (Å²) in [4.78, 5) is 43.8. The average molecular weight is 453 g/mol. The molecule has 0 unspecified atom stereocenters. The molecule has 2 aliphatic rings. The molecular weight excluding hydrogens is 428 g/mol. The third-order valence-corrected chi connectivity index (χ3v) is 6.20. The van der Waals surface area contributed by atoms with Crippen LogP contribution >= 0.6 is 11.6 Å². The maximum Gasteiger partial charge on any atom is 0.283 e. The fourth-order valence-corrected chi connectivity index (χ4v) is 3.97. The van der Waals surface area contributed by atoms with Gasteiger partial charge in [-0.1, -0.05) is 35.4 Å². The summed E-state index contributed by atoms with van der Waals surface area (Å²) in [6.45, 7) is 6.78. The van der Waals surface area contributed by atoms with Crippen molar-refractivity contribution in [3.05, 3.63) is 69.9 Å². The number of benzene rings is 2. The number of imide groups is 1. The SMILES string of the molecule is Cc1ccc(N2C(=O)C(Cl)=C(Nc3cc(C(=O)N4CCN(C)CC4)ccc3C)C2=O)cc1. The second-order valence-electron chi connectivity index (χ2n) is 8.22. The molecule has 0 bridgehead atoms. The van der Waals surface area contributed by atoms with Crippen LogP contribution in [0, 0.1) is 13.8 Å². The molecule has 8 heteroatoms. The van der Waals surface area contributed by atoms with E-state index >= 15 is 0 Å². The number of carbonyl (C=O) groups is 3. The van der Waals surface area contributed by atoms with Crippen molar-refractivity contribution in [1.29, 1.82) is 0 Å². The van der Waals surface area contributed by atoms with Gasteiger partial charge in [-0.05, 0) is 50.7 Å². The van der Waals surface area contributed by atoms with Gasteiger partial charge in [-0.3, -0.25) is 14.4 Å². The Morgan fingerprint density at radius 3 is 2.25 bits per heavy atom. The molecule has 0 aromatic heterocycles. The quantitative estimate of drug-likeness (QED) is 0.721. The average Bonchev–Trinajstić information content (AvgIpc) is 2.99. The van der Waals surface area contributed by atoms with E-state index in [1.165, 1.54) is 0 Å². The third kappa shape index (κ3) is 4.13. The summed E-state index contributed by atoms with van der Waals surface area (Å²) in [6, 6.07) is 12.4. The zero-order chi connectivity index (χ0) is 23.0. The minimum Gasteiger partial charge on any atom is -0.349 e. The molecule has 0 radical (unpaired) electrons. The summed E-state index contributed by atoms with van der Waals surface area (Å²) in [5, 5.41) is 2.84. The summed E-state index contributed by atoms with van der Waals surface area (Å²) < 4.78 is 0. The fourth-order valence-electron chi connectivity index (χ4n) is 3.76. The summed E-state index contributed by atoms with van der Waals surface area (Å²) >= 11 is 6.26. The standard InChI is InChI=1S/C24H25ClN4O3/c1-15-4-8-18(9-5-15)29-23(31)20(25)21(24(29)32)26-19-14-17(7-6-16(19)2)22(30)28-12-10-27(3)11-13-28/h4-9,14,26H,10-13H2,1-3H3. The van der Waals surface area contributed by atoms with E-state index in [4.69, 9.17) is 11.6 Å². The number of nitrogens with one attached hydrogen (secondary N) is 1. The lowest BCUT2D eigenvalue weighted by atomic mass is 10.1. The topological polar surface area (TPSA) is 73.0 Å². The number of nitrogens with zero attached hydrogens (tertiary/aromatic N) is 3. The van der Waals surface area contributed by atoms with Crippen molar-refractivity contribution in [3.8, 4) is 0 Å². The molecule has 1 N–H and O–H groups in total. The first-order chi connectivity index (χ1) is 15.3. The Labute approximate surface area is 192 Å². The first-order valence-corrected chi connectivity index (χ1v) is 10.8. The number of likely N-dealkylation sites (N-methyl/N-ethyl adjacent to an activating group) is 1. The maximum absolute atomic E-state index is 13.0. The van der Waals surface area contributed by atoms with Gasteiger partial charge in [0.25, 0.3) is 17.7 Å². The van der Waals surface area contributed by atoms with E-state index in [9.17, 15) is 14.4 Å². The van der Waals surface area contributed by atoms with Crippen LogP contribution in [-0.2, 0) is 9.59 Å². The number of amides is 3. The van der Waals surface area contributed by atoms with Crippen molar-refractivity contribution in [2.24, 2.45) is 0 Å². The monoisotopic (exact) mass is 452 g/mol. The van der Waals surface area contributed by atoms with Crippen LogP contribution < -0.4 is 10.2 Å². The molecule has 4 rings (SSSR count). The normalized spacial score (nSPS) is 17.4. The molecular formula is C24H25ClN4O3. The summed E-state index contributed by atoms with van der Waals surface area (Å²) in [7, 11) is 2.03. The zero-order valence-electron chi connectivity index (χ0n) is 18.3. The summed E-state index contributed by atoms with van der Waals surface area (Å²) in [6.07, 6.45) is 0. The number of anilines is 2. The van der Waals surface area contributed by atoms with Crippen LogP contribution in [0.5, 0.6) is 0 Å². The van der Waals surface area contributed by atoms with E-state index < -0.39 is 11.8 Å². The number of hydrogen-bond acceptors (Lipinski definition) is 5. The lowest BCUT2D eigenvalue weighted by Crippen LogP contribution is -2.47. The van der Waals surface area contributed by atoms with Crippen molar-refractivity contribution < 1.29 is 14.4 Å². The Hall–Kier alpha value is -3.16. The fraction of sp³-hybridized carbons (Fsp3) is 0.292. The molecule has 0 aliphatic carbocycles. The highest BCUT2D eigenvalue weighted by Gasteiger charge is 2.39. The van der Waals surface area contributed by atoms with Crippen LogP contribution in [-0.4, -0.2) is 60.7 Å². The predicted octanol–water partition coefficient (Wildman–Crippen LogP) is 3.13. The first kappa shape index (κ1) is 22.0. The van der Waals surface area contributed by atoms with E-state index in [0.717, 1.165) is 29.1 Å². The smallest absolute Gasteiger partial charge is 0.283 e.